The number of rotatable bonds is 4. The summed E-state index contributed by atoms with van der Waals surface area (Å²) in [5.41, 5.74) is 0.420. The lowest BCUT2D eigenvalue weighted by Crippen LogP contribution is -2.45. The van der Waals surface area contributed by atoms with Gasteiger partial charge in [0.05, 0.1) is 0 Å². The zero-order chi connectivity index (χ0) is 19.1. The van der Waals surface area contributed by atoms with Crippen molar-refractivity contribution in [2.24, 2.45) is 5.92 Å². The highest BCUT2D eigenvalue weighted by Gasteiger charge is 2.48. The van der Waals surface area contributed by atoms with Crippen molar-refractivity contribution < 1.29 is 23.0 Å². The first-order chi connectivity index (χ1) is 12.1. The number of unbranched alkanes of at least 4 members (excludes halogenated alkanes) is 2. The lowest BCUT2D eigenvalue weighted by molar-refractivity contribution is -0.0984. The van der Waals surface area contributed by atoms with E-state index >= 15 is 0 Å². The number of hydrogen-bond acceptors (Lipinski definition) is 2. The third-order valence-corrected chi connectivity index (χ3v) is 5.75. The summed E-state index contributed by atoms with van der Waals surface area (Å²) < 4.78 is 45.9. The number of benzene rings is 1. The molecule has 0 aromatic heterocycles. The maximum atomic E-state index is 13.2. The van der Waals surface area contributed by atoms with Crippen molar-refractivity contribution >= 4 is 0 Å². The van der Waals surface area contributed by atoms with Crippen LogP contribution in [0.5, 0.6) is 11.5 Å². The summed E-state index contributed by atoms with van der Waals surface area (Å²) in [4.78, 5) is 0. The second kappa shape index (κ2) is 6.82. The summed E-state index contributed by atoms with van der Waals surface area (Å²) in [5.74, 6) is 0.0309. The Morgan fingerprint density at radius 2 is 1.96 bits per heavy atom. The molecule has 1 N–H and O–H groups in total. The van der Waals surface area contributed by atoms with E-state index in [9.17, 15) is 18.3 Å². The van der Waals surface area contributed by atoms with Gasteiger partial charge < -0.3 is 9.84 Å². The molecule has 3 rings (SSSR count). The van der Waals surface area contributed by atoms with Crippen LogP contribution in [0, 0.1) is 5.92 Å². The van der Waals surface area contributed by atoms with Crippen LogP contribution in [-0.4, -0.2) is 16.9 Å². The molecule has 2 atom stereocenters. The molecule has 144 valence electrons. The molecule has 0 spiro atoms. The van der Waals surface area contributed by atoms with E-state index in [1.807, 2.05) is 19.9 Å². The number of halogens is 3. The molecule has 1 aromatic rings. The monoisotopic (exact) mass is 368 g/mol. The molecule has 1 aromatic carbocycles. The van der Waals surface area contributed by atoms with E-state index in [0.29, 0.717) is 17.7 Å². The third-order valence-electron chi connectivity index (χ3n) is 5.75. The van der Waals surface area contributed by atoms with Crippen molar-refractivity contribution in [1.82, 2.24) is 0 Å². The lowest BCUT2D eigenvalue weighted by atomic mass is 9.67. The fourth-order valence-electron chi connectivity index (χ4n) is 4.38. The van der Waals surface area contributed by atoms with Gasteiger partial charge in [-0.3, -0.25) is 0 Å². The SMILES string of the molecule is CCCCCc1cc(O)c2c(c1)OC(C)(C)[C@@H]1CCC(C(F)(F)F)=C[C@@H]21. The van der Waals surface area contributed by atoms with Gasteiger partial charge in [-0.25, -0.2) is 0 Å². The molecule has 0 bridgehead atoms. The number of allylic oxidation sites excluding steroid dienone is 2. The van der Waals surface area contributed by atoms with Crippen molar-refractivity contribution in [3.05, 3.63) is 34.9 Å². The average molecular weight is 368 g/mol. The summed E-state index contributed by atoms with van der Waals surface area (Å²) in [6.45, 7) is 5.99. The second-order valence-electron chi connectivity index (χ2n) is 8.05. The number of hydrogen-bond donors (Lipinski definition) is 1. The molecule has 26 heavy (non-hydrogen) atoms. The van der Waals surface area contributed by atoms with Crippen LogP contribution in [0.3, 0.4) is 0 Å². The van der Waals surface area contributed by atoms with Crippen LogP contribution < -0.4 is 4.74 Å². The Labute approximate surface area is 153 Å². The molecule has 0 fully saturated rings. The number of aromatic hydroxyl groups is 1. The smallest absolute Gasteiger partial charge is 0.412 e. The van der Waals surface area contributed by atoms with Gasteiger partial charge in [0.2, 0.25) is 0 Å². The van der Waals surface area contributed by atoms with Crippen LogP contribution in [0.2, 0.25) is 0 Å². The molecule has 2 aliphatic rings. The van der Waals surface area contributed by atoms with Gasteiger partial charge in [-0.1, -0.05) is 25.8 Å². The van der Waals surface area contributed by atoms with E-state index in [2.05, 4.69) is 6.92 Å². The Balaban J connectivity index is 2.02. The van der Waals surface area contributed by atoms with E-state index in [1.165, 1.54) is 6.08 Å². The lowest BCUT2D eigenvalue weighted by Gasteiger charge is -2.46. The first-order valence-electron chi connectivity index (χ1n) is 9.46. The Morgan fingerprint density at radius 3 is 2.62 bits per heavy atom. The Kier molecular flexibility index (Phi) is 5.02. The Morgan fingerprint density at radius 1 is 1.23 bits per heavy atom. The second-order valence-corrected chi connectivity index (χ2v) is 8.05. The first kappa shape index (κ1) is 19.1. The van der Waals surface area contributed by atoms with Gasteiger partial charge in [0.1, 0.15) is 17.1 Å². The zero-order valence-corrected chi connectivity index (χ0v) is 15.6. The minimum atomic E-state index is -4.32. The Bertz CT molecular complexity index is 704. The number of ether oxygens (including phenoxy) is 1. The van der Waals surface area contributed by atoms with E-state index < -0.39 is 23.3 Å². The number of phenols is 1. The maximum Gasteiger partial charge on any atom is 0.412 e. The predicted molar refractivity (Wildman–Crippen MR) is 95.6 cm³/mol. The van der Waals surface area contributed by atoms with E-state index in [4.69, 9.17) is 4.74 Å². The molecule has 1 aliphatic carbocycles. The van der Waals surface area contributed by atoms with E-state index in [0.717, 1.165) is 31.2 Å². The van der Waals surface area contributed by atoms with E-state index in [1.54, 1.807) is 6.07 Å². The Hall–Kier alpha value is -1.65. The van der Waals surface area contributed by atoms with Crippen molar-refractivity contribution in [3.8, 4) is 11.5 Å². The van der Waals surface area contributed by atoms with Gasteiger partial charge >= 0.3 is 6.18 Å². The minimum Gasteiger partial charge on any atom is -0.507 e. The standard InChI is InChI=1S/C21H27F3O2/c1-4-5-6-7-13-10-17(25)19-15-12-14(21(22,23)24)8-9-16(15)20(2,3)26-18(19)11-13/h10-12,15-16,25H,4-9H2,1-3H3/t15-,16-/m1/s1. The topological polar surface area (TPSA) is 29.5 Å². The third kappa shape index (κ3) is 3.58. The van der Waals surface area contributed by atoms with Crippen molar-refractivity contribution in [2.45, 2.75) is 77.0 Å². The average Bonchev–Trinajstić information content (AvgIpc) is 2.53. The summed E-state index contributed by atoms with van der Waals surface area (Å²) in [6, 6.07) is 3.60. The molecule has 2 nitrogen and oxygen atoms in total. The van der Waals surface area contributed by atoms with E-state index in [-0.39, 0.29) is 18.1 Å². The van der Waals surface area contributed by atoms with Gasteiger partial charge in [-0.2, -0.15) is 13.2 Å². The van der Waals surface area contributed by atoms with Gasteiger partial charge in [-0.05, 0) is 57.2 Å². The van der Waals surface area contributed by atoms with Gasteiger partial charge in [-0.15, -0.1) is 0 Å². The van der Waals surface area contributed by atoms with Crippen LogP contribution in [0.1, 0.15) is 69.9 Å². The highest BCUT2D eigenvalue weighted by molar-refractivity contribution is 5.54. The molecular formula is C21H27F3O2. The molecule has 0 saturated heterocycles. The van der Waals surface area contributed by atoms with Crippen LogP contribution in [-0.2, 0) is 6.42 Å². The molecule has 0 saturated carbocycles. The molecule has 5 heteroatoms. The highest BCUT2D eigenvalue weighted by atomic mass is 19.4. The normalized spacial score (nSPS) is 24.3. The van der Waals surface area contributed by atoms with Crippen molar-refractivity contribution in [2.75, 3.05) is 0 Å². The fourth-order valence-corrected chi connectivity index (χ4v) is 4.38. The number of fused-ring (bicyclic) bond motifs is 3. The summed E-state index contributed by atoms with van der Waals surface area (Å²) >= 11 is 0. The van der Waals surface area contributed by atoms with Gasteiger partial charge in [0.25, 0.3) is 0 Å². The number of aryl methyl sites for hydroxylation is 1. The quantitative estimate of drug-likeness (QED) is 0.501. The van der Waals surface area contributed by atoms with Gasteiger partial charge in [0.15, 0.2) is 0 Å². The summed E-state index contributed by atoms with van der Waals surface area (Å²) in [5, 5.41) is 10.6. The first-order valence-corrected chi connectivity index (χ1v) is 9.46. The van der Waals surface area contributed by atoms with Crippen LogP contribution >= 0.6 is 0 Å². The minimum absolute atomic E-state index is 0.00263. The summed E-state index contributed by atoms with van der Waals surface area (Å²) in [7, 11) is 0. The van der Waals surface area contributed by atoms with Crippen molar-refractivity contribution in [3.63, 3.8) is 0 Å². The number of phenolic OH excluding ortho intramolecular Hbond substituents is 1. The molecule has 0 unspecified atom stereocenters. The molecule has 0 radical (unpaired) electrons. The van der Waals surface area contributed by atoms with Crippen LogP contribution in [0.25, 0.3) is 0 Å². The fraction of sp³-hybridized carbons (Fsp3) is 0.619. The van der Waals surface area contributed by atoms with Crippen LogP contribution in [0.15, 0.2) is 23.8 Å². The zero-order valence-electron chi connectivity index (χ0n) is 15.6. The summed E-state index contributed by atoms with van der Waals surface area (Å²) in [6.07, 6.45) is 1.46. The van der Waals surface area contributed by atoms with Crippen LogP contribution in [0.4, 0.5) is 13.2 Å². The molecular weight excluding hydrogens is 341 g/mol. The predicted octanol–water partition coefficient (Wildman–Crippen LogP) is 6.28. The highest BCUT2D eigenvalue weighted by Crippen LogP contribution is 2.54. The molecule has 0 amide bonds. The number of alkyl halides is 3. The van der Waals surface area contributed by atoms with Gasteiger partial charge in [0, 0.05) is 23.0 Å². The molecule has 1 aliphatic heterocycles. The largest absolute Gasteiger partial charge is 0.507 e. The van der Waals surface area contributed by atoms with Crippen molar-refractivity contribution in [1.29, 1.82) is 0 Å². The molecule has 1 heterocycles. The maximum absolute atomic E-state index is 13.2.